The summed E-state index contributed by atoms with van der Waals surface area (Å²) in [5, 5.41) is 9.48. The zero-order chi connectivity index (χ0) is 25.7. The van der Waals surface area contributed by atoms with Crippen LogP contribution in [0.1, 0.15) is 44.2 Å². The van der Waals surface area contributed by atoms with Crippen LogP contribution in [0.15, 0.2) is 43.0 Å². The van der Waals surface area contributed by atoms with E-state index in [2.05, 4.69) is 30.3 Å². The van der Waals surface area contributed by atoms with Crippen LogP contribution in [-0.2, 0) is 10.8 Å². The molecule has 1 unspecified atom stereocenters. The first-order valence-corrected chi connectivity index (χ1v) is 14.4. The first-order valence-electron chi connectivity index (χ1n) is 12.7. The molecule has 2 fully saturated rings. The molecular weight excluding hydrogens is 489 g/mol. The third kappa shape index (κ3) is 4.82. The van der Waals surface area contributed by atoms with Gasteiger partial charge in [0.05, 0.1) is 17.8 Å². The molecule has 1 atom stereocenters. The van der Waals surface area contributed by atoms with E-state index in [-0.39, 0.29) is 11.7 Å². The Hall–Kier alpha value is -3.40. The summed E-state index contributed by atoms with van der Waals surface area (Å²) in [6.07, 6.45) is 11.4. The Morgan fingerprint density at radius 2 is 1.95 bits per heavy atom. The van der Waals surface area contributed by atoms with Gasteiger partial charge < -0.3 is 10.2 Å². The number of halogens is 1. The van der Waals surface area contributed by atoms with E-state index in [9.17, 15) is 4.21 Å². The second kappa shape index (κ2) is 9.48. The standard InChI is InChI=1S/C27H30FN7OS/c1-16(2)26-20-8-25(30-11-21(20)23(9-22(26)28)34-12-17(13-34)15-37(3)36)32-24-6-7-29-27(33-24)18-10-31-35(14-18)19-4-5-19/h6-11,14,16-17,19H,4-5,12-13,15H2,1-3H3,(H,29,30,32,33). The maximum Gasteiger partial charge on any atom is 0.164 e. The van der Waals surface area contributed by atoms with Crippen LogP contribution in [0, 0.1) is 11.7 Å². The van der Waals surface area contributed by atoms with Crippen molar-refractivity contribution in [3.8, 4) is 11.4 Å². The molecule has 10 heteroatoms. The molecule has 192 valence electrons. The Morgan fingerprint density at radius 1 is 1.14 bits per heavy atom. The molecule has 0 bridgehead atoms. The van der Waals surface area contributed by atoms with E-state index >= 15 is 4.39 Å². The van der Waals surface area contributed by atoms with Crippen molar-refractivity contribution < 1.29 is 8.60 Å². The number of nitrogens with one attached hydrogen (secondary N) is 1. The fraction of sp³-hybridized carbons (Fsp3) is 0.407. The number of pyridine rings is 1. The highest BCUT2D eigenvalue weighted by atomic mass is 32.2. The largest absolute Gasteiger partial charge is 0.370 e. The van der Waals surface area contributed by atoms with Gasteiger partial charge in [-0.3, -0.25) is 8.89 Å². The molecule has 8 nitrogen and oxygen atoms in total. The molecule has 1 aromatic carbocycles. The first kappa shape index (κ1) is 24.0. The lowest BCUT2D eigenvalue weighted by Crippen LogP contribution is -2.49. The van der Waals surface area contributed by atoms with E-state index in [4.69, 9.17) is 0 Å². The molecule has 37 heavy (non-hydrogen) atoms. The van der Waals surface area contributed by atoms with E-state index in [1.165, 1.54) is 0 Å². The highest BCUT2D eigenvalue weighted by Gasteiger charge is 2.30. The van der Waals surface area contributed by atoms with Gasteiger partial charge in [0.25, 0.3) is 0 Å². The van der Waals surface area contributed by atoms with Crippen LogP contribution in [0.25, 0.3) is 22.2 Å². The van der Waals surface area contributed by atoms with Gasteiger partial charge in [0.1, 0.15) is 17.5 Å². The number of benzene rings is 1. The summed E-state index contributed by atoms with van der Waals surface area (Å²) >= 11 is 0. The molecule has 1 aliphatic carbocycles. The topological polar surface area (TPSA) is 88.8 Å². The van der Waals surface area contributed by atoms with Crippen LogP contribution in [0.5, 0.6) is 0 Å². The lowest BCUT2D eigenvalue weighted by Gasteiger charge is -2.41. The molecule has 1 saturated heterocycles. The maximum atomic E-state index is 15.4. The smallest absolute Gasteiger partial charge is 0.164 e. The molecule has 0 radical (unpaired) electrons. The van der Waals surface area contributed by atoms with Crippen LogP contribution < -0.4 is 10.2 Å². The summed E-state index contributed by atoms with van der Waals surface area (Å²) in [5.74, 6) is 2.63. The molecule has 2 aliphatic rings. The fourth-order valence-corrected chi connectivity index (χ4v) is 5.97. The second-order valence-electron chi connectivity index (χ2n) is 10.4. The van der Waals surface area contributed by atoms with Crippen molar-refractivity contribution in [2.75, 3.05) is 35.3 Å². The van der Waals surface area contributed by atoms with Gasteiger partial charge in [-0.15, -0.1) is 0 Å². The van der Waals surface area contributed by atoms with Crippen molar-refractivity contribution in [2.24, 2.45) is 5.92 Å². The Kier molecular flexibility index (Phi) is 6.14. The minimum atomic E-state index is -0.828. The summed E-state index contributed by atoms with van der Waals surface area (Å²) in [4.78, 5) is 15.9. The Labute approximate surface area is 217 Å². The van der Waals surface area contributed by atoms with E-state index < -0.39 is 10.8 Å². The van der Waals surface area contributed by atoms with Gasteiger partial charge in [-0.25, -0.2) is 19.3 Å². The van der Waals surface area contributed by atoms with Gasteiger partial charge in [0.2, 0.25) is 0 Å². The Balaban J connectivity index is 1.30. The van der Waals surface area contributed by atoms with E-state index in [1.54, 1.807) is 30.8 Å². The minimum Gasteiger partial charge on any atom is -0.370 e. The van der Waals surface area contributed by atoms with Gasteiger partial charge in [-0.2, -0.15) is 5.10 Å². The number of fused-ring (bicyclic) bond motifs is 1. The zero-order valence-electron chi connectivity index (χ0n) is 21.2. The predicted octanol–water partition coefficient (Wildman–Crippen LogP) is 5.04. The normalized spacial score (nSPS) is 16.8. The molecule has 0 amide bonds. The number of hydrogen-bond donors (Lipinski definition) is 1. The third-order valence-corrected chi connectivity index (χ3v) is 7.97. The summed E-state index contributed by atoms with van der Waals surface area (Å²) in [6, 6.07) is 5.82. The highest BCUT2D eigenvalue weighted by molar-refractivity contribution is 7.84. The molecule has 0 spiro atoms. The molecule has 1 aliphatic heterocycles. The van der Waals surface area contributed by atoms with Gasteiger partial charge in [0.15, 0.2) is 5.82 Å². The highest BCUT2D eigenvalue weighted by Crippen LogP contribution is 2.39. The van der Waals surface area contributed by atoms with Crippen molar-refractivity contribution in [1.29, 1.82) is 0 Å². The Bertz CT molecular complexity index is 1490. The van der Waals surface area contributed by atoms with E-state index in [0.29, 0.717) is 40.7 Å². The lowest BCUT2D eigenvalue weighted by atomic mass is 9.93. The molecular formula is C27H30FN7OS. The summed E-state index contributed by atoms with van der Waals surface area (Å²) in [6.45, 7) is 5.55. The summed E-state index contributed by atoms with van der Waals surface area (Å²) < 4.78 is 29.0. The van der Waals surface area contributed by atoms with Crippen molar-refractivity contribution in [2.45, 2.75) is 38.6 Å². The maximum absolute atomic E-state index is 15.4. The van der Waals surface area contributed by atoms with Crippen molar-refractivity contribution in [3.63, 3.8) is 0 Å². The first-order chi connectivity index (χ1) is 17.9. The predicted molar refractivity (Wildman–Crippen MR) is 145 cm³/mol. The zero-order valence-corrected chi connectivity index (χ0v) is 22.0. The Morgan fingerprint density at radius 3 is 2.68 bits per heavy atom. The lowest BCUT2D eigenvalue weighted by molar-refractivity contribution is 0.451. The number of rotatable bonds is 8. The second-order valence-corrected chi connectivity index (χ2v) is 11.9. The van der Waals surface area contributed by atoms with Crippen LogP contribution in [0.3, 0.4) is 0 Å². The van der Waals surface area contributed by atoms with E-state index in [1.807, 2.05) is 37.0 Å². The summed E-state index contributed by atoms with van der Waals surface area (Å²) in [5.41, 5.74) is 2.38. The molecule has 1 N–H and O–H groups in total. The number of anilines is 3. The van der Waals surface area contributed by atoms with Gasteiger partial charge in [-0.1, -0.05) is 13.8 Å². The fourth-order valence-electron chi connectivity index (χ4n) is 5.10. The third-order valence-electron chi connectivity index (χ3n) is 7.03. The van der Waals surface area contributed by atoms with Crippen LogP contribution in [-0.4, -0.2) is 54.0 Å². The van der Waals surface area contributed by atoms with Gasteiger partial charge >= 0.3 is 0 Å². The van der Waals surface area contributed by atoms with Crippen LogP contribution in [0.4, 0.5) is 21.7 Å². The van der Waals surface area contributed by atoms with E-state index in [0.717, 1.165) is 48.0 Å². The minimum absolute atomic E-state index is 0.00658. The summed E-state index contributed by atoms with van der Waals surface area (Å²) in [7, 11) is -0.828. The average Bonchev–Trinajstić information content (AvgIpc) is 3.56. The number of nitrogens with zero attached hydrogens (tertiary/aromatic N) is 6. The number of hydrogen-bond acceptors (Lipinski definition) is 7. The molecule has 4 aromatic rings. The number of aromatic nitrogens is 5. The monoisotopic (exact) mass is 519 g/mol. The molecule has 3 aromatic heterocycles. The average molecular weight is 520 g/mol. The van der Waals surface area contributed by atoms with Crippen LogP contribution >= 0.6 is 0 Å². The van der Waals surface area contributed by atoms with Crippen molar-refractivity contribution in [3.05, 3.63) is 54.4 Å². The molecule has 1 saturated carbocycles. The SMILES string of the molecule is CC(C)c1c(F)cc(N2CC(CS(C)=O)C2)c2cnc(Nc3ccnc(-c4cnn(C5CC5)c4)n3)cc12. The quantitative estimate of drug-likeness (QED) is 0.349. The van der Waals surface area contributed by atoms with Gasteiger partial charge in [-0.05, 0) is 47.9 Å². The molecule has 6 rings (SSSR count). The van der Waals surface area contributed by atoms with Crippen LogP contribution in [0.2, 0.25) is 0 Å². The molecule has 4 heterocycles. The van der Waals surface area contributed by atoms with Crippen molar-refractivity contribution in [1.82, 2.24) is 24.7 Å². The van der Waals surface area contributed by atoms with Gasteiger partial charge in [0, 0.05) is 71.5 Å². The van der Waals surface area contributed by atoms with Crippen molar-refractivity contribution >= 4 is 38.9 Å².